The van der Waals surface area contributed by atoms with Crippen molar-refractivity contribution >= 4 is 10.9 Å². The minimum absolute atomic E-state index is 0.154. The quantitative estimate of drug-likeness (QED) is 0.849. The van der Waals surface area contributed by atoms with Gasteiger partial charge in [-0.05, 0) is 38.5 Å². The molecule has 0 spiro atoms. The van der Waals surface area contributed by atoms with Crippen LogP contribution in [0.3, 0.4) is 0 Å². The maximum atomic E-state index is 13.7. The van der Waals surface area contributed by atoms with E-state index in [4.69, 9.17) is 5.73 Å². The largest absolute Gasteiger partial charge is 0.325 e. The molecule has 5 heteroatoms. The normalized spacial score (nSPS) is 12.2. The molecule has 0 bridgehead atoms. The molecule has 0 aliphatic carbocycles. The first kappa shape index (κ1) is 13.8. The van der Waals surface area contributed by atoms with Crippen molar-refractivity contribution in [1.82, 2.24) is 4.98 Å². The number of nitrogens with two attached hydrogens (primary N) is 1. The first-order valence-electron chi connectivity index (χ1n) is 5.91. The van der Waals surface area contributed by atoms with Gasteiger partial charge in [-0.25, -0.2) is 18.2 Å². The number of aryl methyl sites for hydroxylation is 1. The fourth-order valence-corrected chi connectivity index (χ4v) is 2.06. The Balaban J connectivity index is 2.69. The molecule has 0 fully saturated rings. The minimum Gasteiger partial charge on any atom is -0.325 e. The summed E-state index contributed by atoms with van der Waals surface area (Å²) in [6.07, 6.45) is 0.419. The predicted molar refractivity (Wildman–Crippen MR) is 68.3 cm³/mol. The van der Waals surface area contributed by atoms with E-state index < -0.39 is 23.0 Å². The molecule has 1 aromatic carbocycles. The van der Waals surface area contributed by atoms with Crippen LogP contribution in [0.2, 0.25) is 0 Å². The van der Waals surface area contributed by atoms with Crippen LogP contribution in [0, 0.1) is 24.4 Å². The second kappa shape index (κ2) is 4.49. The van der Waals surface area contributed by atoms with E-state index in [1.807, 2.05) is 13.8 Å². The van der Waals surface area contributed by atoms with Crippen LogP contribution in [0.15, 0.2) is 12.1 Å². The van der Waals surface area contributed by atoms with E-state index in [9.17, 15) is 13.2 Å². The van der Waals surface area contributed by atoms with Crippen LogP contribution in [0.5, 0.6) is 0 Å². The van der Waals surface area contributed by atoms with Gasteiger partial charge < -0.3 is 5.73 Å². The van der Waals surface area contributed by atoms with Crippen molar-refractivity contribution in [2.75, 3.05) is 0 Å². The first-order chi connectivity index (χ1) is 8.69. The molecular formula is C14H15F3N2. The number of benzene rings is 1. The van der Waals surface area contributed by atoms with E-state index in [0.717, 1.165) is 6.07 Å². The van der Waals surface area contributed by atoms with Crippen molar-refractivity contribution in [1.29, 1.82) is 0 Å². The molecule has 2 rings (SSSR count). The van der Waals surface area contributed by atoms with Crippen LogP contribution in [-0.4, -0.2) is 10.5 Å². The number of pyridine rings is 1. The Bertz CT molecular complexity index is 645. The third-order valence-corrected chi connectivity index (χ3v) is 2.84. The number of hydrogen-bond acceptors (Lipinski definition) is 2. The maximum absolute atomic E-state index is 13.7. The number of aromatic nitrogens is 1. The highest BCUT2D eigenvalue weighted by Crippen LogP contribution is 2.25. The maximum Gasteiger partial charge on any atom is 0.196 e. The van der Waals surface area contributed by atoms with Crippen LogP contribution in [0.25, 0.3) is 10.9 Å². The van der Waals surface area contributed by atoms with Gasteiger partial charge in [-0.3, -0.25) is 0 Å². The smallest absolute Gasteiger partial charge is 0.196 e. The molecule has 0 aliphatic heterocycles. The highest BCUT2D eigenvalue weighted by molar-refractivity contribution is 5.83. The molecule has 0 radical (unpaired) electrons. The van der Waals surface area contributed by atoms with Gasteiger partial charge in [-0.1, -0.05) is 0 Å². The van der Waals surface area contributed by atoms with E-state index in [0.29, 0.717) is 17.7 Å². The summed E-state index contributed by atoms with van der Waals surface area (Å²) in [6, 6.07) is 2.68. The van der Waals surface area contributed by atoms with Gasteiger partial charge in [-0.2, -0.15) is 0 Å². The third kappa shape index (κ3) is 2.71. The molecule has 102 valence electrons. The van der Waals surface area contributed by atoms with E-state index >= 15 is 0 Å². The van der Waals surface area contributed by atoms with Crippen LogP contribution in [0.1, 0.15) is 25.1 Å². The van der Waals surface area contributed by atoms with Crippen molar-refractivity contribution in [3.63, 3.8) is 0 Å². The number of hydrogen-bond donors (Lipinski definition) is 1. The lowest BCUT2D eigenvalue weighted by Crippen LogP contribution is -2.34. The molecule has 0 atom stereocenters. The van der Waals surface area contributed by atoms with Gasteiger partial charge in [0.1, 0.15) is 5.52 Å². The molecule has 1 heterocycles. The van der Waals surface area contributed by atoms with E-state index in [-0.39, 0.29) is 10.9 Å². The average Bonchev–Trinajstić information content (AvgIpc) is 2.26. The van der Waals surface area contributed by atoms with Gasteiger partial charge >= 0.3 is 0 Å². The molecule has 2 nitrogen and oxygen atoms in total. The zero-order valence-corrected chi connectivity index (χ0v) is 11.0. The van der Waals surface area contributed by atoms with Gasteiger partial charge in [0.2, 0.25) is 0 Å². The van der Waals surface area contributed by atoms with E-state index in [1.165, 1.54) is 0 Å². The summed E-state index contributed by atoms with van der Waals surface area (Å²) in [5, 5.41) is 0.273. The van der Waals surface area contributed by atoms with Crippen molar-refractivity contribution < 1.29 is 13.2 Å². The molecule has 0 unspecified atom stereocenters. The second-order valence-corrected chi connectivity index (χ2v) is 5.48. The Hall–Kier alpha value is -1.62. The van der Waals surface area contributed by atoms with E-state index in [1.54, 1.807) is 13.0 Å². The van der Waals surface area contributed by atoms with E-state index in [2.05, 4.69) is 4.98 Å². The standard InChI is InChI=1S/C14H15F3N2/c1-7-4-8(6-14(2,3)18)19-13-9(7)5-10(15)11(16)12(13)17/h4-5H,6,18H2,1-3H3. The predicted octanol–water partition coefficient (Wildman–Crippen LogP) is 3.24. The van der Waals surface area contributed by atoms with Gasteiger partial charge in [-0.15, -0.1) is 0 Å². The summed E-state index contributed by atoms with van der Waals surface area (Å²) < 4.78 is 40.2. The lowest BCUT2D eigenvalue weighted by molar-refractivity contribution is 0.452. The van der Waals surface area contributed by atoms with Crippen LogP contribution in [-0.2, 0) is 6.42 Å². The molecule has 2 N–H and O–H groups in total. The zero-order chi connectivity index (χ0) is 14.4. The van der Waals surface area contributed by atoms with Crippen LogP contribution in [0.4, 0.5) is 13.2 Å². The van der Waals surface area contributed by atoms with Crippen molar-refractivity contribution in [3.8, 4) is 0 Å². The number of halogens is 3. The average molecular weight is 268 g/mol. The Morgan fingerprint density at radius 1 is 1.16 bits per heavy atom. The minimum atomic E-state index is -1.50. The number of fused-ring (bicyclic) bond motifs is 1. The highest BCUT2D eigenvalue weighted by atomic mass is 19.2. The molecule has 0 saturated carbocycles. The zero-order valence-electron chi connectivity index (χ0n) is 11.0. The molecule has 0 aliphatic rings. The van der Waals surface area contributed by atoms with Gasteiger partial charge in [0, 0.05) is 23.0 Å². The van der Waals surface area contributed by atoms with Gasteiger partial charge in [0.15, 0.2) is 17.5 Å². The summed E-state index contributed by atoms with van der Waals surface area (Å²) in [5.74, 6) is -3.96. The first-order valence-corrected chi connectivity index (χ1v) is 5.91. The Morgan fingerprint density at radius 3 is 2.37 bits per heavy atom. The van der Waals surface area contributed by atoms with Crippen molar-refractivity contribution in [2.24, 2.45) is 5.73 Å². The highest BCUT2D eigenvalue weighted by Gasteiger charge is 2.19. The van der Waals surface area contributed by atoms with Gasteiger partial charge in [0.25, 0.3) is 0 Å². The van der Waals surface area contributed by atoms with Crippen molar-refractivity contribution in [3.05, 3.63) is 40.8 Å². The molecular weight excluding hydrogens is 253 g/mol. The molecule has 1 aromatic heterocycles. The Kier molecular flexibility index (Phi) is 3.26. The third-order valence-electron chi connectivity index (χ3n) is 2.84. The molecule has 2 aromatic rings. The summed E-state index contributed by atoms with van der Waals surface area (Å²) in [6.45, 7) is 5.33. The summed E-state index contributed by atoms with van der Waals surface area (Å²) >= 11 is 0. The van der Waals surface area contributed by atoms with Gasteiger partial charge in [0.05, 0.1) is 0 Å². The fraction of sp³-hybridized carbons (Fsp3) is 0.357. The number of rotatable bonds is 2. The van der Waals surface area contributed by atoms with Crippen molar-refractivity contribution in [2.45, 2.75) is 32.7 Å². The lowest BCUT2D eigenvalue weighted by Gasteiger charge is -2.18. The summed E-state index contributed by atoms with van der Waals surface area (Å²) in [5.41, 5.74) is 6.42. The number of nitrogens with zero attached hydrogens (tertiary/aromatic N) is 1. The summed E-state index contributed by atoms with van der Waals surface area (Å²) in [4.78, 5) is 4.06. The second-order valence-electron chi connectivity index (χ2n) is 5.48. The topological polar surface area (TPSA) is 38.9 Å². The molecule has 0 saturated heterocycles. The SMILES string of the molecule is Cc1cc(CC(C)(C)N)nc2c(F)c(F)c(F)cc12. The van der Waals surface area contributed by atoms with Crippen LogP contribution >= 0.6 is 0 Å². The Labute approximate surface area is 109 Å². The monoisotopic (exact) mass is 268 g/mol. The molecule has 19 heavy (non-hydrogen) atoms. The lowest BCUT2D eigenvalue weighted by atomic mass is 9.97. The molecule has 0 amide bonds. The summed E-state index contributed by atoms with van der Waals surface area (Å²) in [7, 11) is 0. The fourth-order valence-electron chi connectivity index (χ4n) is 2.06. The Morgan fingerprint density at radius 2 is 1.79 bits per heavy atom. The van der Waals surface area contributed by atoms with Crippen LogP contribution < -0.4 is 5.73 Å².